The fourth-order valence-electron chi connectivity index (χ4n) is 8.68. The summed E-state index contributed by atoms with van der Waals surface area (Å²) in [5.41, 5.74) is 18.6. The minimum Gasteiger partial charge on any atom is -0.480 e. The van der Waals surface area contributed by atoms with Crippen molar-refractivity contribution < 1.29 is 68.0 Å². The average molecular weight is 1160 g/mol. The van der Waals surface area contributed by atoms with Crippen molar-refractivity contribution in [3.63, 3.8) is 0 Å². The molecule has 2 rings (SSSR count). The van der Waals surface area contributed by atoms with Gasteiger partial charge < -0.3 is 74.1 Å². The highest BCUT2D eigenvalue weighted by Gasteiger charge is 2.39. The van der Waals surface area contributed by atoms with Gasteiger partial charge in [0, 0.05) is 44.5 Å². The molecule has 81 heavy (non-hydrogen) atoms. The first-order chi connectivity index (χ1) is 38.0. The molecular weight excluding hydrogens is 1070 g/mol. The molecule has 26 heteroatoms. The maximum atomic E-state index is 14.5. The van der Waals surface area contributed by atoms with E-state index in [2.05, 4.69) is 36.9 Å². The zero-order valence-corrected chi connectivity index (χ0v) is 49.0. The molecule has 0 saturated carbocycles. The number of carbonyl (C=O) groups is 10. The van der Waals surface area contributed by atoms with Crippen molar-refractivity contribution in [3.05, 3.63) is 59.7 Å². The van der Waals surface area contributed by atoms with Gasteiger partial charge in [-0.15, -0.1) is 0 Å². The van der Waals surface area contributed by atoms with Gasteiger partial charge in [0.1, 0.15) is 42.3 Å². The Balaban J connectivity index is 2.86. The summed E-state index contributed by atoms with van der Waals surface area (Å²) in [6, 6.07) is -2.10. The monoisotopic (exact) mass is 1160 g/mol. The SMILES string of the molecule is CO[C@@H](Cc1ccccc1)[C@@H](C)/C=C(C)/C=C/[C@@H]1NC(=O)[C@H](CCCN=C(N)N)NC(=O)[C@@H](C)[C@H](C(=O)O)NC(=O)[C@H](CC(C)C)NC(=O)[C@@H](CC(C)C)NC(=O)C(CSC[C@H](N)C(=O)O)N(C)C(=O)CC[C@H](C(=O)O)NC(=O)[C@H]1C. The zero-order chi connectivity index (χ0) is 61.3. The van der Waals surface area contributed by atoms with Crippen LogP contribution in [0.3, 0.4) is 0 Å². The fourth-order valence-corrected chi connectivity index (χ4v) is 9.81. The second kappa shape index (κ2) is 34.9. The van der Waals surface area contributed by atoms with E-state index in [1.165, 1.54) is 27.0 Å². The third kappa shape index (κ3) is 24.7. The first kappa shape index (κ1) is 70.0. The standard InChI is InChI=1S/C55H87N11O14S/c1-29(2)23-40-49(71)63-41(24-30(3)4)50(72)65-45(54(78)79)34(8)47(69)61-38(17-14-22-59-55(57)58)48(70)60-37(19-18-31(5)25-32(6)43(80-10)26-35-15-12-11-13-16-35)33(7)46(68)62-39(53(76)77)20-21-44(67)66(9)42(51(73)64-40)28-81-27-36(56)52(74)75/h11-13,15-16,18-19,25,29-30,32-34,36-43,45H,14,17,20-24,26-28,56H2,1-10H3,(H,60,70)(H,61,69)(H,62,68)(H,63,71)(H,64,73)(H,65,72)(H,74,75)(H,76,77)(H,78,79)(H4,57,58,59)/b19-18+,31-25+/t32-,33-,34-,36-,37-,38-,39+,40+,41-,42?,43-,45+/m0/s1. The Hall–Kier alpha value is -7.06. The van der Waals surface area contributed by atoms with E-state index in [1.807, 2.05) is 43.3 Å². The number of amides is 7. The number of benzene rings is 1. The fraction of sp³-hybridized carbons (Fsp3) is 0.618. The van der Waals surface area contributed by atoms with Crippen LogP contribution in [0.25, 0.3) is 0 Å². The summed E-state index contributed by atoms with van der Waals surface area (Å²) in [6.45, 7) is 13.4. The molecule has 1 unspecified atom stereocenters. The minimum absolute atomic E-state index is 0.000762. The molecule has 1 fully saturated rings. The number of methoxy groups -OCH3 is 1. The Morgan fingerprint density at radius 3 is 1.88 bits per heavy atom. The van der Waals surface area contributed by atoms with Crippen LogP contribution in [0.4, 0.5) is 0 Å². The Morgan fingerprint density at radius 2 is 1.33 bits per heavy atom. The van der Waals surface area contributed by atoms with E-state index in [-0.39, 0.29) is 73.6 Å². The van der Waals surface area contributed by atoms with Crippen molar-refractivity contribution in [1.82, 2.24) is 36.8 Å². The molecule has 0 bridgehead atoms. The number of ether oxygens (including phenoxy) is 1. The van der Waals surface area contributed by atoms with Gasteiger partial charge in [0.25, 0.3) is 0 Å². The number of guanidine groups is 1. The van der Waals surface area contributed by atoms with Crippen molar-refractivity contribution in [1.29, 1.82) is 0 Å². The van der Waals surface area contributed by atoms with Gasteiger partial charge in [0.05, 0.1) is 24.0 Å². The van der Waals surface area contributed by atoms with Crippen molar-refractivity contribution >= 4 is 77.0 Å². The molecule has 15 N–H and O–H groups in total. The number of allylic oxidation sites excluding steroid dienone is 2. The number of hydrogen-bond donors (Lipinski definition) is 12. The molecule has 12 atom stereocenters. The van der Waals surface area contributed by atoms with Gasteiger partial charge in [-0.25, -0.2) is 9.59 Å². The summed E-state index contributed by atoms with van der Waals surface area (Å²) in [5, 5.41) is 45.8. The first-order valence-corrected chi connectivity index (χ1v) is 28.2. The number of aliphatic carboxylic acids is 3. The lowest BCUT2D eigenvalue weighted by molar-refractivity contribution is -0.146. The maximum absolute atomic E-state index is 14.5. The van der Waals surface area contributed by atoms with Crippen molar-refractivity contribution in [2.75, 3.05) is 32.2 Å². The molecule has 0 aromatic heterocycles. The molecule has 1 heterocycles. The highest BCUT2D eigenvalue weighted by molar-refractivity contribution is 7.99. The van der Waals surface area contributed by atoms with Gasteiger partial charge >= 0.3 is 17.9 Å². The van der Waals surface area contributed by atoms with E-state index in [9.17, 15) is 63.3 Å². The van der Waals surface area contributed by atoms with Gasteiger partial charge in [-0.05, 0) is 62.8 Å². The van der Waals surface area contributed by atoms with Crippen LogP contribution in [0.1, 0.15) is 99.5 Å². The second-order valence-corrected chi connectivity index (χ2v) is 22.4. The Morgan fingerprint density at radius 1 is 0.778 bits per heavy atom. The quantitative estimate of drug-likeness (QED) is 0.0328. The van der Waals surface area contributed by atoms with Crippen molar-refractivity contribution in [2.24, 2.45) is 51.8 Å². The molecule has 7 amide bonds. The summed E-state index contributed by atoms with van der Waals surface area (Å²) in [5.74, 6) is -14.9. The molecule has 0 spiro atoms. The number of hydrogen-bond acceptors (Lipinski definition) is 14. The molecule has 1 aromatic rings. The molecule has 1 aliphatic heterocycles. The van der Waals surface area contributed by atoms with Crippen LogP contribution in [0, 0.1) is 29.6 Å². The number of rotatable bonds is 22. The second-order valence-electron chi connectivity index (χ2n) is 21.4. The molecule has 452 valence electrons. The smallest absolute Gasteiger partial charge is 0.327 e. The summed E-state index contributed by atoms with van der Waals surface area (Å²) < 4.78 is 5.84. The van der Waals surface area contributed by atoms with E-state index in [0.717, 1.165) is 22.2 Å². The zero-order valence-electron chi connectivity index (χ0n) is 48.1. The van der Waals surface area contributed by atoms with Gasteiger partial charge in [-0.3, -0.25) is 43.3 Å². The number of thioether (sulfide) groups is 1. The molecule has 25 nitrogen and oxygen atoms in total. The Labute approximate surface area is 478 Å². The van der Waals surface area contributed by atoms with Crippen LogP contribution < -0.4 is 49.1 Å². The topological polar surface area (TPSA) is 406 Å². The summed E-state index contributed by atoms with van der Waals surface area (Å²) in [4.78, 5) is 142. The van der Waals surface area contributed by atoms with Crippen molar-refractivity contribution in [2.45, 2.75) is 155 Å². The third-order valence-electron chi connectivity index (χ3n) is 13.6. The largest absolute Gasteiger partial charge is 0.480 e. The minimum atomic E-state index is -1.93. The van der Waals surface area contributed by atoms with Gasteiger partial charge in [0.2, 0.25) is 41.4 Å². The van der Waals surface area contributed by atoms with Crippen molar-refractivity contribution in [3.8, 4) is 0 Å². The summed E-state index contributed by atoms with van der Waals surface area (Å²) in [7, 11) is 2.86. The molecule has 1 aliphatic rings. The molecular formula is C55H87N11O14S. The summed E-state index contributed by atoms with van der Waals surface area (Å²) >= 11 is 0.923. The summed E-state index contributed by atoms with van der Waals surface area (Å²) in [6.07, 6.45) is 4.35. The number of aliphatic imine (C=N–C) groups is 1. The predicted octanol–water partition coefficient (Wildman–Crippen LogP) is 0.645. The van der Waals surface area contributed by atoms with E-state index in [1.54, 1.807) is 47.8 Å². The normalized spacial score (nSPS) is 25.0. The number of carboxylic acids is 3. The molecule has 1 saturated heterocycles. The van der Waals surface area contributed by atoms with E-state index in [4.69, 9.17) is 21.9 Å². The van der Waals surface area contributed by atoms with Gasteiger partial charge in [0.15, 0.2) is 5.96 Å². The number of carbonyl (C=O) groups excluding carboxylic acids is 7. The Kier molecular flexibility index (Phi) is 30.2. The number of nitrogens with two attached hydrogens (primary N) is 3. The average Bonchev–Trinajstić information content (AvgIpc) is 3.42. The number of nitrogens with one attached hydrogen (secondary N) is 6. The highest BCUT2D eigenvalue weighted by atomic mass is 32.2. The molecule has 0 aliphatic carbocycles. The molecule has 1 aromatic carbocycles. The van der Waals surface area contributed by atoms with Crippen LogP contribution in [0.15, 0.2) is 59.1 Å². The van der Waals surface area contributed by atoms with Gasteiger partial charge in [-0.1, -0.05) is 103 Å². The van der Waals surface area contributed by atoms with Crippen LogP contribution in [-0.2, 0) is 59.1 Å². The lowest BCUT2D eigenvalue weighted by Gasteiger charge is -2.31. The van der Waals surface area contributed by atoms with E-state index in [0.29, 0.717) is 12.0 Å². The van der Waals surface area contributed by atoms with E-state index < -0.39 is 132 Å². The number of likely N-dealkylation sites (N-methyl/N-ethyl adjacent to an activating group) is 1. The number of nitrogens with zero attached hydrogens (tertiary/aromatic N) is 2. The van der Waals surface area contributed by atoms with Crippen LogP contribution >= 0.6 is 11.8 Å². The lowest BCUT2D eigenvalue weighted by atomic mass is 9.94. The maximum Gasteiger partial charge on any atom is 0.327 e. The van der Waals surface area contributed by atoms with Crippen LogP contribution in [0.2, 0.25) is 0 Å². The van der Waals surface area contributed by atoms with Crippen LogP contribution in [-0.4, -0.2) is 172 Å². The third-order valence-corrected chi connectivity index (χ3v) is 14.7. The number of carboxylic acid groups (broad SMARTS) is 3. The predicted molar refractivity (Wildman–Crippen MR) is 306 cm³/mol. The van der Waals surface area contributed by atoms with Gasteiger partial charge in [-0.2, -0.15) is 11.8 Å². The first-order valence-electron chi connectivity index (χ1n) is 27.1. The van der Waals surface area contributed by atoms with Crippen LogP contribution in [0.5, 0.6) is 0 Å². The van der Waals surface area contributed by atoms with E-state index >= 15 is 0 Å². The Bertz CT molecular complexity index is 2400. The lowest BCUT2D eigenvalue weighted by Crippen LogP contribution is -2.60. The highest BCUT2D eigenvalue weighted by Crippen LogP contribution is 2.20. The molecule has 0 radical (unpaired) electrons.